The maximum atomic E-state index is 11.7. The Balaban J connectivity index is 2.43. The van der Waals surface area contributed by atoms with Crippen molar-refractivity contribution in [1.82, 2.24) is 0 Å². The molecule has 17 heavy (non-hydrogen) atoms. The van der Waals surface area contributed by atoms with Crippen molar-refractivity contribution in [3.8, 4) is 12.3 Å². The average molecular weight is 229 g/mol. The zero-order valence-electron chi connectivity index (χ0n) is 10.3. The van der Waals surface area contributed by atoms with Crippen LogP contribution in [0.5, 0.6) is 0 Å². The molecule has 0 aliphatic heterocycles. The van der Waals surface area contributed by atoms with Crippen LogP contribution in [0, 0.1) is 12.3 Å². The van der Waals surface area contributed by atoms with Gasteiger partial charge in [0.1, 0.15) is 5.78 Å². The van der Waals surface area contributed by atoms with Crippen molar-refractivity contribution >= 4 is 11.5 Å². The molecule has 0 saturated heterocycles. The third kappa shape index (κ3) is 4.74. The van der Waals surface area contributed by atoms with Crippen LogP contribution in [0.2, 0.25) is 0 Å². The van der Waals surface area contributed by atoms with Gasteiger partial charge >= 0.3 is 0 Å². The molecule has 0 saturated carbocycles. The number of benzene rings is 1. The lowest BCUT2D eigenvalue weighted by atomic mass is 9.94. The van der Waals surface area contributed by atoms with Crippen molar-refractivity contribution in [2.24, 2.45) is 0 Å². The highest BCUT2D eigenvalue weighted by molar-refractivity contribution is 5.79. The van der Waals surface area contributed by atoms with Gasteiger partial charge in [0, 0.05) is 24.9 Å². The number of nitrogen functional groups attached to an aromatic ring is 1. The zero-order chi connectivity index (χ0) is 12.7. The van der Waals surface area contributed by atoms with Crippen molar-refractivity contribution in [2.75, 3.05) is 5.73 Å². The number of unbranched alkanes of at least 4 members (excludes halogenated alkanes) is 1. The topological polar surface area (TPSA) is 43.1 Å². The number of Topliss-reactive ketones (excluding diaryl/α,β-unsaturated/α-hetero) is 1. The molecule has 1 unspecified atom stereocenters. The molecule has 0 fully saturated rings. The molecule has 1 atom stereocenters. The van der Waals surface area contributed by atoms with Gasteiger partial charge in [0.2, 0.25) is 0 Å². The van der Waals surface area contributed by atoms with Gasteiger partial charge in [0.25, 0.3) is 0 Å². The minimum Gasteiger partial charge on any atom is -0.399 e. The molecule has 2 N–H and O–H groups in total. The molecular weight excluding hydrogens is 210 g/mol. The first kappa shape index (κ1) is 13.3. The highest BCUT2D eigenvalue weighted by Gasteiger charge is 2.10. The summed E-state index contributed by atoms with van der Waals surface area (Å²) in [7, 11) is 0. The summed E-state index contributed by atoms with van der Waals surface area (Å²) in [5, 5.41) is 0. The number of anilines is 1. The van der Waals surface area contributed by atoms with Crippen molar-refractivity contribution in [1.29, 1.82) is 0 Å². The second-order valence-corrected chi connectivity index (χ2v) is 4.37. The normalized spacial score (nSPS) is 11.8. The molecule has 0 amide bonds. The number of hydrogen-bond donors (Lipinski definition) is 1. The Kier molecular flexibility index (Phi) is 5.29. The SMILES string of the molecule is C#CCCCC(=O)CC(C)c1ccc(N)cc1. The van der Waals surface area contributed by atoms with Gasteiger partial charge in [-0.3, -0.25) is 4.79 Å². The van der Waals surface area contributed by atoms with Crippen molar-refractivity contribution in [2.45, 2.75) is 38.5 Å². The van der Waals surface area contributed by atoms with E-state index < -0.39 is 0 Å². The van der Waals surface area contributed by atoms with Crippen molar-refractivity contribution in [3.05, 3.63) is 29.8 Å². The first-order valence-corrected chi connectivity index (χ1v) is 5.94. The van der Waals surface area contributed by atoms with E-state index in [1.165, 1.54) is 0 Å². The molecule has 1 aromatic carbocycles. The van der Waals surface area contributed by atoms with Crippen molar-refractivity contribution < 1.29 is 4.79 Å². The van der Waals surface area contributed by atoms with E-state index in [0.29, 0.717) is 19.3 Å². The third-order valence-electron chi connectivity index (χ3n) is 2.82. The van der Waals surface area contributed by atoms with Gasteiger partial charge in [-0.25, -0.2) is 0 Å². The summed E-state index contributed by atoms with van der Waals surface area (Å²) in [4.78, 5) is 11.7. The van der Waals surface area contributed by atoms with Gasteiger partial charge in [0.15, 0.2) is 0 Å². The van der Waals surface area contributed by atoms with Gasteiger partial charge in [-0.15, -0.1) is 12.3 Å². The fourth-order valence-electron chi connectivity index (χ4n) is 1.77. The number of rotatable bonds is 6. The fourth-order valence-corrected chi connectivity index (χ4v) is 1.77. The highest BCUT2D eigenvalue weighted by atomic mass is 16.1. The minimum absolute atomic E-state index is 0.244. The van der Waals surface area contributed by atoms with Gasteiger partial charge < -0.3 is 5.73 Å². The predicted molar refractivity (Wildman–Crippen MR) is 71.6 cm³/mol. The zero-order valence-corrected chi connectivity index (χ0v) is 10.3. The third-order valence-corrected chi connectivity index (χ3v) is 2.82. The van der Waals surface area contributed by atoms with E-state index in [2.05, 4.69) is 12.8 Å². The number of ketones is 1. The van der Waals surface area contributed by atoms with E-state index in [9.17, 15) is 4.79 Å². The summed E-state index contributed by atoms with van der Waals surface area (Å²) < 4.78 is 0. The lowest BCUT2D eigenvalue weighted by Gasteiger charge is -2.11. The number of carbonyl (C=O) groups is 1. The minimum atomic E-state index is 0.244. The number of carbonyl (C=O) groups excluding carboxylic acids is 1. The van der Waals surface area contributed by atoms with Gasteiger partial charge in [-0.05, 0) is 30.0 Å². The van der Waals surface area contributed by atoms with E-state index >= 15 is 0 Å². The van der Waals surface area contributed by atoms with Crippen LogP contribution in [-0.4, -0.2) is 5.78 Å². The number of hydrogen-bond acceptors (Lipinski definition) is 2. The molecule has 0 heterocycles. The standard InChI is InChI=1S/C15H19NO/c1-3-4-5-6-15(17)11-12(2)13-7-9-14(16)10-8-13/h1,7-10,12H,4-6,11,16H2,2H3. The Bertz CT molecular complexity index is 400. The predicted octanol–water partition coefficient (Wildman–Crippen LogP) is 3.14. The van der Waals surface area contributed by atoms with E-state index in [-0.39, 0.29) is 11.7 Å². The van der Waals surface area contributed by atoms with Crippen LogP contribution in [0.15, 0.2) is 24.3 Å². The largest absolute Gasteiger partial charge is 0.399 e. The molecule has 90 valence electrons. The summed E-state index contributed by atoms with van der Waals surface area (Å²) in [6.07, 6.45) is 7.79. The number of terminal acetylenes is 1. The molecule has 0 bridgehead atoms. The lowest BCUT2D eigenvalue weighted by Crippen LogP contribution is -2.04. The summed E-state index contributed by atoms with van der Waals surface area (Å²) in [5.41, 5.74) is 7.53. The Hall–Kier alpha value is -1.75. The molecule has 0 aromatic heterocycles. The van der Waals surface area contributed by atoms with Crippen molar-refractivity contribution in [3.63, 3.8) is 0 Å². The highest BCUT2D eigenvalue weighted by Crippen LogP contribution is 2.21. The smallest absolute Gasteiger partial charge is 0.133 e. The van der Waals surface area contributed by atoms with Crippen LogP contribution < -0.4 is 5.73 Å². The van der Waals surface area contributed by atoms with E-state index in [1.54, 1.807) is 0 Å². The fraction of sp³-hybridized carbons (Fsp3) is 0.400. The van der Waals surface area contributed by atoms with Gasteiger partial charge in [0.05, 0.1) is 0 Å². The van der Waals surface area contributed by atoms with Gasteiger partial charge in [-0.2, -0.15) is 0 Å². The Morgan fingerprint density at radius 2 is 2.06 bits per heavy atom. The average Bonchev–Trinajstić information content (AvgIpc) is 2.30. The van der Waals surface area contributed by atoms with Crippen LogP contribution in [0.25, 0.3) is 0 Å². The summed E-state index contributed by atoms with van der Waals surface area (Å²) in [6, 6.07) is 7.70. The van der Waals surface area contributed by atoms with Crippen LogP contribution in [-0.2, 0) is 4.79 Å². The second kappa shape index (κ2) is 6.75. The van der Waals surface area contributed by atoms with Crippen LogP contribution in [0.1, 0.15) is 44.1 Å². The van der Waals surface area contributed by atoms with E-state index in [1.807, 2.05) is 24.3 Å². The molecule has 2 heteroatoms. The maximum Gasteiger partial charge on any atom is 0.133 e. The molecule has 1 aromatic rings. The van der Waals surface area contributed by atoms with Crippen LogP contribution in [0.3, 0.4) is 0 Å². The Morgan fingerprint density at radius 1 is 1.41 bits per heavy atom. The van der Waals surface area contributed by atoms with Crippen LogP contribution in [0.4, 0.5) is 5.69 Å². The molecule has 0 spiro atoms. The quantitative estimate of drug-likeness (QED) is 0.462. The Labute approximate surface area is 103 Å². The first-order chi connectivity index (χ1) is 8.13. The van der Waals surface area contributed by atoms with E-state index in [4.69, 9.17) is 12.2 Å². The van der Waals surface area contributed by atoms with Crippen LogP contribution >= 0.6 is 0 Å². The Morgan fingerprint density at radius 3 is 2.65 bits per heavy atom. The second-order valence-electron chi connectivity index (χ2n) is 4.37. The molecule has 0 radical (unpaired) electrons. The monoisotopic (exact) mass is 229 g/mol. The molecule has 2 nitrogen and oxygen atoms in total. The maximum absolute atomic E-state index is 11.7. The number of nitrogens with two attached hydrogens (primary N) is 1. The van der Waals surface area contributed by atoms with Gasteiger partial charge in [-0.1, -0.05) is 19.1 Å². The lowest BCUT2D eigenvalue weighted by molar-refractivity contribution is -0.119. The molecule has 0 aliphatic rings. The molecular formula is C15H19NO. The molecule has 0 aliphatic carbocycles. The molecule has 1 rings (SSSR count). The van der Waals surface area contributed by atoms with E-state index in [0.717, 1.165) is 17.7 Å². The first-order valence-electron chi connectivity index (χ1n) is 5.94. The summed E-state index contributed by atoms with van der Waals surface area (Å²) >= 11 is 0. The summed E-state index contributed by atoms with van der Waals surface area (Å²) in [6.45, 7) is 2.06. The summed E-state index contributed by atoms with van der Waals surface area (Å²) in [5.74, 6) is 3.07.